The molecule has 1 amide bonds. The lowest BCUT2D eigenvalue weighted by Crippen LogP contribution is -2.42. The van der Waals surface area contributed by atoms with E-state index in [4.69, 9.17) is 9.47 Å². The van der Waals surface area contributed by atoms with Crippen LogP contribution in [-0.4, -0.2) is 24.3 Å². The van der Waals surface area contributed by atoms with Gasteiger partial charge < -0.3 is 9.47 Å². The largest absolute Gasteiger partial charge is 0.485 e. The summed E-state index contributed by atoms with van der Waals surface area (Å²) in [6.45, 7) is 0.154. The molecular formula is C22H16N2O3. The molecule has 5 nitrogen and oxygen atoms in total. The minimum absolute atomic E-state index is 0.154. The molecule has 0 radical (unpaired) electrons. The van der Waals surface area contributed by atoms with Gasteiger partial charge in [-0.25, -0.2) is 5.43 Å². The van der Waals surface area contributed by atoms with Crippen LogP contribution in [0.3, 0.4) is 0 Å². The van der Waals surface area contributed by atoms with Gasteiger partial charge in [0.1, 0.15) is 6.61 Å². The van der Waals surface area contributed by atoms with E-state index in [-0.39, 0.29) is 12.5 Å². The molecule has 132 valence electrons. The molecule has 2 aliphatic rings. The van der Waals surface area contributed by atoms with Gasteiger partial charge in [-0.1, -0.05) is 60.7 Å². The predicted octanol–water partition coefficient (Wildman–Crippen LogP) is 3.38. The quantitative estimate of drug-likeness (QED) is 0.560. The van der Waals surface area contributed by atoms with Crippen LogP contribution in [0.15, 0.2) is 77.9 Å². The number of hydrogen-bond acceptors (Lipinski definition) is 4. The highest BCUT2D eigenvalue weighted by Crippen LogP contribution is 2.36. The zero-order chi connectivity index (χ0) is 18.2. The van der Waals surface area contributed by atoms with Crippen LogP contribution < -0.4 is 14.9 Å². The molecule has 3 aromatic rings. The van der Waals surface area contributed by atoms with E-state index in [0.717, 1.165) is 28.0 Å². The Labute approximate surface area is 156 Å². The number of carbonyl (C=O) groups excluding carboxylic acids is 1. The summed E-state index contributed by atoms with van der Waals surface area (Å²) >= 11 is 0. The minimum atomic E-state index is -0.740. The van der Waals surface area contributed by atoms with Gasteiger partial charge in [-0.15, -0.1) is 0 Å². The van der Waals surface area contributed by atoms with E-state index in [0.29, 0.717) is 11.5 Å². The van der Waals surface area contributed by atoms with Crippen molar-refractivity contribution < 1.29 is 14.3 Å². The molecule has 3 aromatic carbocycles. The maximum atomic E-state index is 12.6. The van der Waals surface area contributed by atoms with Crippen molar-refractivity contribution in [2.75, 3.05) is 6.61 Å². The van der Waals surface area contributed by atoms with Gasteiger partial charge in [0.05, 0.1) is 5.71 Å². The third kappa shape index (κ3) is 2.64. The summed E-state index contributed by atoms with van der Waals surface area (Å²) in [6, 6.07) is 23.4. The highest BCUT2D eigenvalue weighted by molar-refractivity contribution is 6.24. The van der Waals surface area contributed by atoms with Gasteiger partial charge in [0.2, 0.25) is 6.10 Å². The first-order valence-corrected chi connectivity index (χ1v) is 8.76. The molecule has 5 heteroatoms. The Hall–Kier alpha value is -3.60. The fourth-order valence-electron chi connectivity index (χ4n) is 3.45. The second-order valence-electron chi connectivity index (χ2n) is 6.39. The van der Waals surface area contributed by atoms with Gasteiger partial charge in [-0.05, 0) is 23.3 Å². The van der Waals surface area contributed by atoms with Crippen LogP contribution in [-0.2, 0) is 4.79 Å². The summed E-state index contributed by atoms with van der Waals surface area (Å²) < 4.78 is 11.3. The Balaban J connectivity index is 1.41. The molecule has 1 heterocycles. The number of para-hydroxylation sites is 2. The molecule has 0 saturated heterocycles. The monoisotopic (exact) mass is 356 g/mol. The number of benzene rings is 3. The molecule has 5 rings (SSSR count). The molecule has 0 bridgehead atoms. The van der Waals surface area contributed by atoms with Gasteiger partial charge in [-0.2, -0.15) is 5.10 Å². The van der Waals surface area contributed by atoms with Crippen molar-refractivity contribution in [2.45, 2.75) is 6.10 Å². The lowest BCUT2D eigenvalue weighted by molar-refractivity contribution is -0.130. The second-order valence-corrected chi connectivity index (χ2v) is 6.39. The molecule has 1 N–H and O–H groups in total. The standard InChI is InChI=1S/C22H16N2O3/c25-22(20-13-26-18-11-5-6-12-19(18)27-20)24-23-21-16-9-3-1-7-14(16)15-8-2-4-10-17(15)21/h1-12,20H,13H2,(H,24,25). The molecule has 0 saturated carbocycles. The van der Waals surface area contributed by atoms with Gasteiger partial charge in [-0.3, -0.25) is 4.79 Å². The zero-order valence-corrected chi connectivity index (χ0v) is 14.4. The third-order valence-electron chi connectivity index (χ3n) is 4.73. The van der Waals surface area contributed by atoms with E-state index in [1.165, 1.54) is 0 Å². The predicted molar refractivity (Wildman–Crippen MR) is 102 cm³/mol. The number of nitrogens with one attached hydrogen (secondary N) is 1. The molecular weight excluding hydrogens is 340 g/mol. The van der Waals surface area contributed by atoms with Crippen molar-refractivity contribution >= 4 is 11.6 Å². The van der Waals surface area contributed by atoms with Crippen LogP contribution in [0.25, 0.3) is 11.1 Å². The lowest BCUT2D eigenvalue weighted by Gasteiger charge is -2.24. The molecule has 1 unspecified atom stereocenters. The first kappa shape index (κ1) is 15.6. The number of hydrazone groups is 1. The van der Waals surface area contributed by atoms with Crippen molar-refractivity contribution in [3.63, 3.8) is 0 Å². The average Bonchev–Trinajstić information content (AvgIpc) is 3.05. The van der Waals surface area contributed by atoms with E-state index in [2.05, 4.69) is 22.7 Å². The maximum absolute atomic E-state index is 12.6. The van der Waals surface area contributed by atoms with Gasteiger partial charge in [0, 0.05) is 11.1 Å². The Morgan fingerprint density at radius 3 is 2.04 bits per heavy atom. The van der Waals surface area contributed by atoms with Crippen molar-refractivity contribution in [1.82, 2.24) is 5.43 Å². The van der Waals surface area contributed by atoms with E-state index in [1.807, 2.05) is 54.6 Å². The first-order chi connectivity index (χ1) is 13.3. The van der Waals surface area contributed by atoms with Gasteiger partial charge in [0.15, 0.2) is 11.5 Å². The third-order valence-corrected chi connectivity index (χ3v) is 4.73. The molecule has 1 atom stereocenters. The van der Waals surface area contributed by atoms with Crippen molar-refractivity contribution in [2.24, 2.45) is 5.10 Å². The first-order valence-electron chi connectivity index (χ1n) is 8.76. The minimum Gasteiger partial charge on any atom is -0.485 e. The van der Waals surface area contributed by atoms with Gasteiger partial charge >= 0.3 is 0 Å². The molecule has 1 aliphatic heterocycles. The summed E-state index contributed by atoms with van der Waals surface area (Å²) in [5, 5.41) is 4.42. The number of carbonyl (C=O) groups is 1. The summed E-state index contributed by atoms with van der Waals surface area (Å²) in [4.78, 5) is 12.6. The average molecular weight is 356 g/mol. The Morgan fingerprint density at radius 1 is 0.815 bits per heavy atom. The molecule has 27 heavy (non-hydrogen) atoms. The molecule has 0 aromatic heterocycles. The number of fused-ring (bicyclic) bond motifs is 4. The zero-order valence-electron chi connectivity index (χ0n) is 14.4. The summed E-state index contributed by atoms with van der Waals surface area (Å²) in [5.74, 6) is 0.874. The van der Waals surface area contributed by atoms with Crippen LogP contribution in [0.2, 0.25) is 0 Å². The fraction of sp³-hybridized carbons (Fsp3) is 0.0909. The lowest BCUT2D eigenvalue weighted by atomic mass is 10.1. The molecule has 0 spiro atoms. The van der Waals surface area contributed by atoms with Crippen molar-refractivity contribution in [3.05, 3.63) is 83.9 Å². The van der Waals surface area contributed by atoms with Crippen molar-refractivity contribution in [1.29, 1.82) is 0 Å². The summed E-state index contributed by atoms with van der Waals surface area (Å²) in [6.07, 6.45) is -0.740. The Bertz CT molecular complexity index is 1030. The van der Waals surface area contributed by atoms with E-state index in [1.54, 1.807) is 6.07 Å². The van der Waals surface area contributed by atoms with Crippen LogP contribution in [0.4, 0.5) is 0 Å². The highest BCUT2D eigenvalue weighted by Gasteiger charge is 2.28. The molecule has 0 fully saturated rings. The maximum Gasteiger partial charge on any atom is 0.284 e. The highest BCUT2D eigenvalue weighted by atomic mass is 16.6. The number of rotatable bonds is 2. The fourth-order valence-corrected chi connectivity index (χ4v) is 3.45. The second kappa shape index (κ2) is 6.29. The summed E-state index contributed by atoms with van der Waals surface area (Å²) in [7, 11) is 0. The van der Waals surface area contributed by atoms with Crippen LogP contribution in [0, 0.1) is 0 Å². The van der Waals surface area contributed by atoms with Gasteiger partial charge in [0.25, 0.3) is 5.91 Å². The number of amides is 1. The van der Waals surface area contributed by atoms with Crippen LogP contribution in [0.1, 0.15) is 11.1 Å². The normalized spacial score (nSPS) is 16.3. The van der Waals surface area contributed by atoms with E-state index < -0.39 is 6.10 Å². The van der Waals surface area contributed by atoms with E-state index in [9.17, 15) is 4.79 Å². The number of nitrogens with zero attached hydrogens (tertiary/aromatic N) is 1. The Kier molecular flexibility index (Phi) is 3.64. The van der Waals surface area contributed by atoms with Crippen LogP contribution >= 0.6 is 0 Å². The van der Waals surface area contributed by atoms with Crippen molar-refractivity contribution in [3.8, 4) is 22.6 Å². The number of hydrogen-bond donors (Lipinski definition) is 1. The van der Waals surface area contributed by atoms with Crippen LogP contribution in [0.5, 0.6) is 11.5 Å². The van der Waals surface area contributed by atoms with E-state index >= 15 is 0 Å². The smallest absolute Gasteiger partial charge is 0.284 e. The molecule has 1 aliphatic carbocycles. The Morgan fingerprint density at radius 2 is 1.37 bits per heavy atom. The topological polar surface area (TPSA) is 59.9 Å². The summed E-state index contributed by atoms with van der Waals surface area (Å²) in [5.41, 5.74) is 7.65. The SMILES string of the molecule is O=C(NN=C1c2ccccc2-c2ccccc21)C1COc2ccccc2O1. The number of ether oxygens (including phenoxy) is 2.